The summed E-state index contributed by atoms with van der Waals surface area (Å²) in [6.45, 7) is 6.81. The highest BCUT2D eigenvalue weighted by molar-refractivity contribution is 6.09. The monoisotopic (exact) mass is 456 g/mol. The van der Waals surface area contributed by atoms with E-state index in [1.54, 1.807) is 42.5 Å². The van der Waals surface area contributed by atoms with Crippen LogP contribution in [0.4, 0.5) is 11.4 Å². The summed E-state index contributed by atoms with van der Waals surface area (Å²) >= 11 is 0. The molecule has 1 aromatic heterocycles. The lowest BCUT2D eigenvalue weighted by Gasteiger charge is -2.10. The molecular formula is C27H28N4O3. The van der Waals surface area contributed by atoms with Crippen LogP contribution in [0.1, 0.15) is 30.3 Å². The van der Waals surface area contributed by atoms with Crippen molar-refractivity contribution in [3.63, 3.8) is 0 Å². The fraction of sp³-hybridized carbons (Fsp3) is 0.222. The third kappa shape index (κ3) is 6.36. The molecule has 3 rings (SSSR count). The van der Waals surface area contributed by atoms with Crippen LogP contribution in [0.15, 0.2) is 66.2 Å². The van der Waals surface area contributed by atoms with E-state index >= 15 is 0 Å². The zero-order valence-electron chi connectivity index (χ0n) is 19.6. The summed E-state index contributed by atoms with van der Waals surface area (Å²) < 4.78 is 7.73. The summed E-state index contributed by atoms with van der Waals surface area (Å²) in [5, 5.41) is 15.0. The lowest BCUT2D eigenvalue weighted by Crippen LogP contribution is -2.20. The highest BCUT2D eigenvalue weighted by atomic mass is 16.5. The first kappa shape index (κ1) is 24.3. The van der Waals surface area contributed by atoms with Gasteiger partial charge >= 0.3 is 0 Å². The van der Waals surface area contributed by atoms with Crippen LogP contribution in [-0.2, 0) is 16.1 Å². The molecule has 34 heavy (non-hydrogen) atoms. The number of carbonyl (C=O) groups is 2. The minimum atomic E-state index is -0.512. The predicted octanol–water partition coefficient (Wildman–Crippen LogP) is 5.08. The van der Waals surface area contributed by atoms with Crippen LogP contribution < -0.4 is 15.4 Å². The van der Waals surface area contributed by atoms with Crippen molar-refractivity contribution in [2.45, 2.75) is 33.7 Å². The van der Waals surface area contributed by atoms with E-state index in [0.717, 1.165) is 29.9 Å². The number of ether oxygens (including phenoxy) is 1. The Kier molecular flexibility index (Phi) is 8.25. The maximum Gasteiger partial charge on any atom is 0.266 e. The summed E-state index contributed by atoms with van der Waals surface area (Å²) in [5.41, 5.74) is 4.10. The van der Waals surface area contributed by atoms with Crippen molar-refractivity contribution < 1.29 is 14.3 Å². The van der Waals surface area contributed by atoms with Gasteiger partial charge in [-0.05, 0) is 62.2 Å². The maximum absolute atomic E-state index is 12.7. The number of amides is 2. The van der Waals surface area contributed by atoms with Crippen LogP contribution in [-0.4, -0.2) is 23.0 Å². The third-order valence-electron chi connectivity index (χ3n) is 5.24. The molecule has 0 unspecified atom stereocenters. The molecule has 174 valence electrons. The molecule has 0 saturated carbocycles. The van der Waals surface area contributed by atoms with Crippen molar-refractivity contribution in [2.75, 3.05) is 17.2 Å². The zero-order chi connectivity index (χ0) is 24.5. The van der Waals surface area contributed by atoms with Crippen molar-refractivity contribution >= 4 is 29.3 Å². The molecule has 0 bridgehead atoms. The summed E-state index contributed by atoms with van der Waals surface area (Å²) in [4.78, 5) is 24.8. The Labute approximate surface area is 199 Å². The van der Waals surface area contributed by atoms with Crippen LogP contribution in [0, 0.1) is 25.2 Å². The van der Waals surface area contributed by atoms with Crippen molar-refractivity contribution in [3.05, 3.63) is 83.2 Å². The van der Waals surface area contributed by atoms with Gasteiger partial charge in [0.1, 0.15) is 17.4 Å². The van der Waals surface area contributed by atoms with Crippen molar-refractivity contribution in [1.82, 2.24) is 4.57 Å². The summed E-state index contributed by atoms with van der Waals surface area (Å²) in [6.07, 6.45) is 2.61. The number of hydrogen-bond acceptors (Lipinski definition) is 4. The van der Waals surface area contributed by atoms with Gasteiger partial charge in [0, 0.05) is 35.4 Å². The molecule has 1 heterocycles. The number of anilines is 2. The minimum Gasteiger partial charge on any atom is -0.484 e. The maximum atomic E-state index is 12.7. The first-order chi connectivity index (χ1) is 16.4. The van der Waals surface area contributed by atoms with Gasteiger partial charge in [-0.3, -0.25) is 9.59 Å². The molecule has 0 radical (unpaired) electrons. The van der Waals surface area contributed by atoms with Gasteiger partial charge in [-0.2, -0.15) is 5.26 Å². The second-order valence-electron chi connectivity index (χ2n) is 7.83. The SMILES string of the molecule is CCCn1c(C)cc(/C=C(\C#N)C(=O)Nc2cccc(OCC(=O)Nc3ccccc3)c2)c1C. The lowest BCUT2D eigenvalue weighted by atomic mass is 10.1. The van der Waals surface area contributed by atoms with Crippen LogP contribution in [0.2, 0.25) is 0 Å². The molecule has 2 amide bonds. The number of rotatable bonds is 9. The average Bonchev–Trinajstić information content (AvgIpc) is 3.09. The van der Waals surface area contributed by atoms with Gasteiger partial charge in [-0.25, -0.2) is 0 Å². The van der Waals surface area contributed by atoms with Gasteiger partial charge < -0.3 is 19.9 Å². The van der Waals surface area contributed by atoms with E-state index in [-0.39, 0.29) is 18.1 Å². The zero-order valence-corrected chi connectivity index (χ0v) is 19.6. The highest BCUT2D eigenvalue weighted by Gasteiger charge is 2.13. The number of hydrogen-bond donors (Lipinski definition) is 2. The smallest absolute Gasteiger partial charge is 0.266 e. The fourth-order valence-corrected chi connectivity index (χ4v) is 3.58. The van der Waals surface area contributed by atoms with E-state index in [4.69, 9.17) is 4.74 Å². The second-order valence-corrected chi connectivity index (χ2v) is 7.83. The average molecular weight is 457 g/mol. The van der Waals surface area contributed by atoms with E-state index in [2.05, 4.69) is 22.1 Å². The fourth-order valence-electron chi connectivity index (χ4n) is 3.58. The Morgan fingerprint density at radius 2 is 1.76 bits per heavy atom. The van der Waals surface area contributed by atoms with E-state index in [9.17, 15) is 14.9 Å². The first-order valence-corrected chi connectivity index (χ1v) is 11.1. The first-order valence-electron chi connectivity index (χ1n) is 11.1. The Balaban J connectivity index is 1.65. The molecule has 7 heteroatoms. The number of benzene rings is 2. The number of nitriles is 1. The summed E-state index contributed by atoms with van der Waals surface area (Å²) in [5.74, 6) is -0.385. The molecule has 0 aliphatic rings. The number of carbonyl (C=O) groups excluding carboxylic acids is 2. The molecule has 0 atom stereocenters. The van der Waals surface area contributed by atoms with Crippen molar-refractivity contribution in [2.24, 2.45) is 0 Å². The molecular weight excluding hydrogens is 428 g/mol. The van der Waals surface area contributed by atoms with E-state index in [0.29, 0.717) is 17.1 Å². The molecule has 0 saturated heterocycles. The number of aryl methyl sites for hydroxylation is 1. The van der Waals surface area contributed by atoms with Crippen LogP contribution in [0.3, 0.4) is 0 Å². The lowest BCUT2D eigenvalue weighted by molar-refractivity contribution is -0.118. The summed E-state index contributed by atoms with van der Waals surface area (Å²) in [7, 11) is 0. The number of para-hydroxylation sites is 1. The van der Waals surface area contributed by atoms with Gasteiger partial charge in [0.2, 0.25) is 0 Å². The standard InChI is InChI=1S/C27H28N4O3/c1-4-13-31-19(2)14-21(20(31)3)15-22(17-28)27(33)30-24-11-8-12-25(16-24)34-18-26(32)29-23-9-6-5-7-10-23/h5-12,14-16H,4,13,18H2,1-3H3,(H,29,32)(H,30,33)/b22-15+. The minimum absolute atomic E-state index is 0.00492. The van der Waals surface area contributed by atoms with E-state index in [1.165, 1.54) is 0 Å². The molecule has 2 N–H and O–H groups in total. The van der Waals surface area contributed by atoms with Gasteiger partial charge in [0.15, 0.2) is 6.61 Å². The van der Waals surface area contributed by atoms with Gasteiger partial charge in [0.25, 0.3) is 11.8 Å². The molecule has 3 aromatic rings. The van der Waals surface area contributed by atoms with Gasteiger partial charge in [-0.1, -0.05) is 31.2 Å². The molecule has 7 nitrogen and oxygen atoms in total. The van der Waals surface area contributed by atoms with E-state index < -0.39 is 5.91 Å². The van der Waals surface area contributed by atoms with E-state index in [1.807, 2.05) is 44.2 Å². The molecule has 2 aromatic carbocycles. The quantitative estimate of drug-likeness (QED) is 0.347. The Hall–Kier alpha value is -4.31. The third-order valence-corrected chi connectivity index (χ3v) is 5.24. The predicted molar refractivity (Wildman–Crippen MR) is 133 cm³/mol. The molecule has 0 spiro atoms. The van der Waals surface area contributed by atoms with Crippen LogP contribution >= 0.6 is 0 Å². The van der Waals surface area contributed by atoms with Crippen molar-refractivity contribution in [1.29, 1.82) is 5.26 Å². The topological polar surface area (TPSA) is 96.2 Å². The Morgan fingerprint density at radius 3 is 2.47 bits per heavy atom. The summed E-state index contributed by atoms with van der Waals surface area (Å²) in [6, 6.07) is 19.8. The Morgan fingerprint density at radius 1 is 1.03 bits per heavy atom. The Bertz CT molecular complexity index is 1240. The molecule has 0 aliphatic carbocycles. The van der Waals surface area contributed by atoms with Crippen LogP contribution in [0.25, 0.3) is 6.08 Å². The van der Waals surface area contributed by atoms with Gasteiger partial charge in [-0.15, -0.1) is 0 Å². The largest absolute Gasteiger partial charge is 0.484 e. The van der Waals surface area contributed by atoms with Gasteiger partial charge in [0.05, 0.1) is 0 Å². The number of nitrogens with one attached hydrogen (secondary N) is 2. The number of aromatic nitrogens is 1. The highest BCUT2D eigenvalue weighted by Crippen LogP contribution is 2.21. The molecule has 0 fully saturated rings. The second kappa shape index (κ2) is 11.5. The normalized spacial score (nSPS) is 10.9. The molecule has 0 aliphatic heterocycles. The number of nitrogens with zero attached hydrogens (tertiary/aromatic N) is 2. The van der Waals surface area contributed by atoms with Crippen LogP contribution in [0.5, 0.6) is 5.75 Å². The van der Waals surface area contributed by atoms with Crippen molar-refractivity contribution in [3.8, 4) is 11.8 Å².